The number of carbonyl (C=O) groups excluding carboxylic acids is 1. The van der Waals surface area contributed by atoms with Gasteiger partial charge in [-0.15, -0.1) is 0 Å². The molecule has 0 spiro atoms. The number of hydrogen-bond donors (Lipinski definition) is 3. The molecule has 1 aromatic carbocycles. The molecular weight excluding hydrogens is 290 g/mol. The van der Waals surface area contributed by atoms with Crippen LogP contribution in [0.2, 0.25) is 0 Å². The van der Waals surface area contributed by atoms with Crippen LogP contribution >= 0.6 is 0 Å². The number of aryl methyl sites for hydroxylation is 2. The van der Waals surface area contributed by atoms with Crippen LogP contribution in [0.25, 0.3) is 0 Å². The van der Waals surface area contributed by atoms with Crippen LogP contribution in [-0.2, 0) is 14.8 Å². The summed E-state index contributed by atoms with van der Waals surface area (Å²) in [5.74, 6) is -0.434. The van der Waals surface area contributed by atoms with Gasteiger partial charge in [-0.3, -0.25) is 4.79 Å². The third kappa shape index (κ3) is 5.02. The quantitative estimate of drug-likeness (QED) is 0.629. The molecule has 0 aliphatic heterocycles. The van der Waals surface area contributed by atoms with Gasteiger partial charge in [0.25, 0.3) is 0 Å². The Labute approximate surface area is 126 Å². The molecule has 0 bridgehead atoms. The second kappa shape index (κ2) is 7.42. The van der Waals surface area contributed by atoms with Crippen molar-refractivity contribution in [3.63, 3.8) is 0 Å². The Morgan fingerprint density at radius 1 is 1.24 bits per heavy atom. The first-order valence-corrected chi connectivity index (χ1v) is 8.39. The van der Waals surface area contributed by atoms with Crippen LogP contribution in [0.4, 0.5) is 5.69 Å². The predicted octanol–water partition coefficient (Wildman–Crippen LogP) is 1.28. The maximum Gasteiger partial charge on any atom is 0.241 e. The maximum absolute atomic E-state index is 12.3. The number of rotatable bonds is 8. The summed E-state index contributed by atoms with van der Waals surface area (Å²) < 4.78 is 27.2. The van der Waals surface area contributed by atoms with Crippen LogP contribution < -0.4 is 15.8 Å². The molecular formula is C14H23N3O3S. The summed E-state index contributed by atoms with van der Waals surface area (Å²) in [5.41, 5.74) is 7.30. The fourth-order valence-corrected chi connectivity index (χ4v) is 3.74. The van der Waals surface area contributed by atoms with Crippen LogP contribution in [0.15, 0.2) is 17.0 Å². The lowest BCUT2D eigenvalue weighted by Gasteiger charge is -2.14. The van der Waals surface area contributed by atoms with Crippen molar-refractivity contribution in [2.75, 3.05) is 18.4 Å². The minimum Gasteiger partial charge on any atom is -0.385 e. The largest absolute Gasteiger partial charge is 0.385 e. The van der Waals surface area contributed by atoms with Gasteiger partial charge in [-0.25, -0.2) is 13.1 Å². The predicted molar refractivity (Wildman–Crippen MR) is 83.7 cm³/mol. The van der Waals surface area contributed by atoms with Gasteiger partial charge >= 0.3 is 0 Å². The first kappa shape index (κ1) is 17.5. The lowest BCUT2D eigenvalue weighted by molar-refractivity contribution is -0.118. The van der Waals surface area contributed by atoms with Crippen LogP contribution in [0.3, 0.4) is 0 Å². The number of benzene rings is 1. The van der Waals surface area contributed by atoms with E-state index in [2.05, 4.69) is 10.0 Å². The summed E-state index contributed by atoms with van der Waals surface area (Å²) in [4.78, 5) is 10.9. The van der Waals surface area contributed by atoms with Crippen molar-refractivity contribution < 1.29 is 13.2 Å². The van der Waals surface area contributed by atoms with E-state index in [9.17, 15) is 13.2 Å². The van der Waals surface area contributed by atoms with Crippen molar-refractivity contribution in [2.45, 2.75) is 38.5 Å². The lowest BCUT2D eigenvalue weighted by Crippen LogP contribution is -2.27. The molecule has 0 heterocycles. The Bertz CT molecular complexity index is 589. The van der Waals surface area contributed by atoms with E-state index in [-0.39, 0.29) is 13.0 Å². The highest BCUT2D eigenvalue weighted by Gasteiger charge is 2.19. The summed E-state index contributed by atoms with van der Waals surface area (Å²) in [5, 5.41) is 3.17. The Hall–Kier alpha value is -1.60. The molecule has 1 amide bonds. The topological polar surface area (TPSA) is 101 Å². The maximum atomic E-state index is 12.3. The average Bonchev–Trinajstić information content (AvgIpc) is 2.33. The molecule has 0 aromatic heterocycles. The zero-order chi connectivity index (χ0) is 16.0. The van der Waals surface area contributed by atoms with Gasteiger partial charge in [-0.1, -0.05) is 0 Å². The van der Waals surface area contributed by atoms with Crippen molar-refractivity contribution in [2.24, 2.45) is 5.73 Å². The highest BCUT2D eigenvalue weighted by Crippen LogP contribution is 2.24. The van der Waals surface area contributed by atoms with Crippen molar-refractivity contribution >= 4 is 21.6 Å². The highest BCUT2D eigenvalue weighted by molar-refractivity contribution is 7.89. The molecule has 0 saturated carbocycles. The van der Waals surface area contributed by atoms with Crippen LogP contribution in [-0.4, -0.2) is 27.4 Å². The normalized spacial score (nSPS) is 11.4. The van der Waals surface area contributed by atoms with E-state index < -0.39 is 15.9 Å². The van der Waals surface area contributed by atoms with Crippen molar-refractivity contribution in [1.29, 1.82) is 0 Å². The van der Waals surface area contributed by atoms with Crippen LogP contribution in [0, 0.1) is 13.8 Å². The molecule has 0 aliphatic carbocycles. The fraction of sp³-hybridized carbons (Fsp3) is 0.500. The average molecular weight is 313 g/mol. The van der Waals surface area contributed by atoms with Gasteiger partial charge in [-0.05, 0) is 50.5 Å². The highest BCUT2D eigenvalue weighted by atomic mass is 32.2. The standard InChI is InChI=1S/C14H23N3O3S/c1-4-16-12-8-10(2)14(11(3)9-12)21(19,20)17-7-5-6-13(15)18/h8-9,16-17H,4-7H2,1-3H3,(H2,15,18). The van der Waals surface area contributed by atoms with Gasteiger partial charge < -0.3 is 11.1 Å². The minimum atomic E-state index is -3.58. The van der Waals surface area contributed by atoms with E-state index in [0.717, 1.165) is 12.2 Å². The SMILES string of the molecule is CCNc1cc(C)c(S(=O)(=O)NCCCC(N)=O)c(C)c1. The Morgan fingerprint density at radius 3 is 2.29 bits per heavy atom. The molecule has 4 N–H and O–H groups in total. The van der Waals surface area contributed by atoms with E-state index in [1.807, 2.05) is 19.1 Å². The number of carbonyl (C=O) groups is 1. The molecule has 0 atom stereocenters. The zero-order valence-electron chi connectivity index (χ0n) is 12.7. The van der Waals surface area contributed by atoms with Gasteiger partial charge in [0.2, 0.25) is 15.9 Å². The minimum absolute atomic E-state index is 0.167. The molecule has 1 rings (SSSR count). The number of hydrogen-bond acceptors (Lipinski definition) is 4. The third-order valence-electron chi connectivity index (χ3n) is 3.00. The molecule has 6 nitrogen and oxygen atoms in total. The number of amides is 1. The van der Waals surface area contributed by atoms with E-state index in [1.165, 1.54) is 0 Å². The first-order chi connectivity index (χ1) is 9.77. The number of primary amides is 1. The molecule has 0 saturated heterocycles. The molecule has 0 unspecified atom stereocenters. The van der Waals surface area contributed by atoms with Crippen molar-refractivity contribution in [3.05, 3.63) is 23.3 Å². The van der Waals surface area contributed by atoms with E-state index in [4.69, 9.17) is 5.73 Å². The van der Waals surface area contributed by atoms with Crippen LogP contribution in [0.1, 0.15) is 30.9 Å². The Kier molecular flexibility index (Phi) is 6.17. The molecule has 0 aliphatic rings. The third-order valence-corrected chi connectivity index (χ3v) is 4.77. The van der Waals surface area contributed by atoms with E-state index >= 15 is 0 Å². The summed E-state index contributed by atoms with van der Waals surface area (Å²) in [6.45, 7) is 6.49. The number of sulfonamides is 1. The van der Waals surface area contributed by atoms with Gasteiger partial charge in [0, 0.05) is 25.2 Å². The summed E-state index contributed by atoms with van der Waals surface area (Å²) >= 11 is 0. The molecule has 1 aromatic rings. The van der Waals surface area contributed by atoms with Crippen LogP contribution in [0.5, 0.6) is 0 Å². The second-order valence-electron chi connectivity index (χ2n) is 4.94. The van der Waals surface area contributed by atoms with Crippen molar-refractivity contribution in [3.8, 4) is 0 Å². The Morgan fingerprint density at radius 2 is 1.81 bits per heavy atom. The van der Waals surface area contributed by atoms with E-state index in [0.29, 0.717) is 22.4 Å². The number of nitrogens with one attached hydrogen (secondary N) is 2. The number of nitrogens with two attached hydrogens (primary N) is 1. The van der Waals surface area contributed by atoms with Crippen molar-refractivity contribution in [1.82, 2.24) is 4.72 Å². The lowest BCUT2D eigenvalue weighted by atomic mass is 10.1. The van der Waals surface area contributed by atoms with E-state index in [1.54, 1.807) is 13.8 Å². The molecule has 0 radical (unpaired) electrons. The Balaban J connectivity index is 2.90. The number of anilines is 1. The van der Waals surface area contributed by atoms with Gasteiger partial charge in [0.05, 0.1) is 4.90 Å². The zero-order valence-corrected chi connectivity index (χ0v) is 13.5. The summed E-state index contributed by atoms with van der Waals surface area (Å²) in [6, 6.07) is 3.63. The molecule has 118 valence electrons. The second-order valence-corrected chi connectivity index (χ2v) is 6.64. The smallest absolute Gasteiger partial charge is 0.241 e. The molecule has 7 heteroatoms. The van der Waals surface area contributed by atoms with Gasteiger partial charge in [0.1, 0.15) is 0 Å². The summed E-state index contributed by atoms with van der Waals surface area (Å²) in [7, 11) is -3.58. The monoisotopic (exact) mass is 313 g/mol. The summed E-state index contributed by atoms with van der Waals surface area (Å²) in [6.07, 6.45) is 0.558. The first-order valence-electron chi connectivity index (χ1n) is 6.91. The fourth-order valence-electron chi connectivity index (χ4n) is 2.22. The molecule has 21 heavy (non-hydrogen) atoms. The van der Waals surface area contributed by atoms with Gasteiger partial charge in [-0.2, -0.15) is 0 Å². The van der Waals surface area contributed by atoms with Gasteiger partial charge in [0.15, 0.2) is 0 Å². The molecule has 0 fully saturated rings.